The number of hydrogen-bond donors (Lipinski definition) is 1. The number of halogens is 1. The monoisotopic (exact) mass is 519 g/mol. The number of nitrogens with one attached hydrogen (secondary N) is 1. The van der Waals surface area contributed by atoms with Gasteiger partial charge >= 0.3 is 0 Å². The predicted molar refractivity (Wildman–Crippen MR) is 142 cm³/mol. The maximum Gasteiger partial charge on any atom is 0.268 e. The molecule has 0 radical (unpaired) electrons. The third kappa shape index (κ3) is 6.33. The van der Waals surface area contributed by atoms with Crippen molar-refractivity contribution in [3.05, 3.63) is 82.9 Å². The molecule has 0 spiro atoms. The number of para-hydroxylation sites is 2. The van der Waals surface area contributed by atoms with Crippen LogP contribution < -0.4 is 19.5 Å². The van der Waals surface area contributed by atoms with Gasteiger partial charge < -0.3 is 14.2 Å². The number of aromatic nitrogens is 1. The summed E-state index contributed by atoms with van der Waals surface area (Å²) in [4.78, 5) is 17.1. The van der Waals surface area contributed by atoms with Gasteiger partial charge in [0.2, 0.25) is 0 Å². The number of hydrogen-bond acceptors (Lipinski definition) is 7. The number of carbonyl (C=O) groups is 1. The number of carbonyl (C=O) groups excluding carboxylic acids is 1. The number of nitrogens with zero attached hydrogens (tertiary/aromatic N) is 2. The zero-order valence-corrected chi connectivity index (χ0v) is 20.9. The molecule has 1 aromatic heterocycles. The van der Waals surface area contributed by atoms with Gasteiger partial charge in [-0.3, -0.25) is 10.1 Å². The number of nitriles is 1. The molecule has 1 amide bonds. The minimum atomic E-state index is -0.564. The smallest absolute Gasteiger partial charge is 0.268 e. The first-order chi connectivity index (χ1) is 17.6. The van der Waals surface area contributed by atoms with Gasteiger partial charge in [0.1, 0.15) is 17.4 Å². The standard InChI is InChI=1S/C27H22ClN3O4S/c1-33-23-16-18(15-21(28)25(23)35-13-7-12-34-20-8-3-2-4-9-20)14-19(17-29)26(32)31-27-30-22-10-5-6-11-24(22)36-27/h2-6,8-11,14-16H,7,12-13H2,1H3,(H,30,31,32). The molecule has 9 heteroatoms. The van der Waals surface area contributed by atoms with Crippen LogP contribution in [0.5, 0.6) is 17.2 Å². The van der Waals surface area contributed by atoms with Gasteiger partial charge in [-0.25, -0.2) is 4.98 Å². The summed E-state index contributed by atoms with van der Waals surface area (Å²) >= 11 is 7.78. The molecule has 0 saturated heterocycles. The Morgan fingerprint density at radius 3 is 2.61 bits per heavy atom. The molecule has 7 nitrogen and oxygen atoms in total. The highest BCUT2D eigenvalue weighted by Crippen LogP contribution is 2.37. The van der Waals surface area contributed by atoms with E-state index in [0.717, 1.165) is 16.0 Å². The molecule has 0 fully saturated rings. The van der Waals surface area contributed by atoms with Gasteiger partial charge in [-0.15, -0.1) is 0 Å². The Labute approximate surface area is 217 Å². The van der Waals surface area contributed by atoms with E-state index in [-0.39, 0.29) is 5.57 Å². The molecule has 1 heterocycles. The Bertz CT molecular complexity index is 1400. The average molecular weight is 520 g/mol. The Morgan fingerprint density at radius 2 is 1.86 bits per heavy atom. The largest absolute Gasteiger partial charge is 0.493 e. The van der Waals surface area contributed by atoms with Crippen molar-refractivity contribution in [2.75, 3.05) is 25.6 Å². The van der Waals surface area contributed by atoms with Crippen LogP contribution in [-0.2, 0) is 4.79 Å². The van der Waals surface area contributed by atoms with Crippen LogP contribution in [0.15, 0.2) is 72.3 Å². The molecule has 0 bridgehead atoms. The van der Waals surface area contributed by atoms with Gasteiger partial charge in [0.05, 0.1) is 35.6 Å². The van der Waals surface area contributed by atoms with Gasteiger partial charge in [0, 0.05) is 6.42 Å². The van der Waals surface area contributed by atoms with E-state index in [9.17, 15) is 10.1 Å². The molecule has 0 saturated carbocycles. The number of anilines is 1. The molecule has 0 aliphatic carbocycles. The van der Waals surface area contributed by atoms with Crippen LogP contribution in [0.2, 0.25) is 5.02 Å². The van der Waals surface area contributed by atoms with E-state index in [1.165, 1.54) is 24.5 Å². The van der Waals surface area contributed by atoms with Crippen LogP contribution in [0.3, 0.4) is 0 Å². The molecular weight excluding hydrogens is 498 g/mol. The number of thiazole rings is 1. The summed E-state index contributed by atoms with van der Waals surface area (Å²) in [5, 5.41) is 13.0. The summed E-state index contributed by atoms with van der Waals surface area (Å²) in [6, 6.07) is 22.3. The summed E-state index contributed by atoms with van der Waals surface area (Å²) in [7, 11) is 1.50. The van der Waals surface area contributed by atoms with Crippen molar-refractivity contribution >= 4 is 50.3 Å². The number of methoxy groups -OCH3 is 1. The van der Waals surface area contributed by atoms with E-state index in [1.807, 2.05) is 60.7 Å². The molecule has 4 aromatic rings. The predicted octanol–water partition coefficient (Wildman–Crippen LogP) is 6.35. The zero-order chi connectivity index (χ0) is 25.3. The maximum atomic E-state index is 12.7. The second-order valence-electron chi connectivity index (χ2n) is 7.51. The fourth-order valence-electron chi connectivity index (χ4n) is 3.31. The number of ether oxygens (including phenoxy) is 3. The fourth-order valence-corrected chi connectivity index (χ4v) is 4.44. The van der Waals surface area contributed by atoms with Crippen molar-refractivity contribution in [2.45, 2.75) is 6.42 Å². The number of amides is 1. The van der Waals surface area contributed by atoms with Crippen molar-refractivity contribution in [2.24, 2.45) is 0 Å². The van der Waals surface area contributed by atoms with Gasteiger partial charge in [-0.05, 0) is 48.0 Å². The normalized spacial score (nSPS) is 11.1. The Morgan fingerprint density at radius 1 is 1.11 bits per heavy atom. The molecule has 0 aliphatic heterocycles. The summed E-state index contributed by atoms with van der Waals surface area (Å²) in [6.45, 7) is 0.853. The summed E-state index contributed by atoms with van der Waals surface area (Å²) < 4.78 is 17.9. The topological polar surface area (TPSA) is 93.5 Å². The zero-order valence-electron chi connectivity index (χ0n) is 19.4. The first-order valence-corrected chi connectivity index (χ1v) is 12.2. The molecule has 0 aliphatic rings. The maximum absolute atomic E-state index is 12.7. The number of fused-ring (bicyclic) bond motifs is 1. The second kappa shape index (κ2) is 12.1. The highest BCUT2D eigenvalue weighted by Gasteiger charge is 2.15. The van der Waals surface area contributed by atoms with Crippen molar-refractivity contribution in [3.8, 4) is 23.3 Å². The van der Waals surface area contributed by atoms with Gasteiger partial charge in [0.15, 0.2) is 16.6 Å². The molecule has 0 unspecified atom stereocenters. The van der Waals surface area contributed by atoms with Crippen LogP contribution in [0.4, 0.5) is 5.13 Å². The Balaban J connectivity index is 1.41. The van der Waals surface area contributed by atoms with Gasteiger partial charge in [-0.2, -0.15) is 5.26 Å². The quantitative estimate of drug-likeness (QED) is 0.149. The first-order valence-electron chi connectivity index (χ1n) is 11.0. The molecule has 0 atom stereocenters. The SMILES string of the molecule is COc1cc(C=C(C#N)C(=O)Nc2nc3ccccc3s2)cc(Cl)c1OCCCOc1ccccc1. The van der Waals surface area contributed by atoms with Crippen molar-refractivity contribution in [1.82, 2.24) is 4.98 Å². The number of benzene rings is 3. The lowest BCUT2D eigenvalue weighted by molar-refractivity contribution is -0.112. The van der Waals surface area contributed by atoms with Crippen LogP contribution in [0, 0.1) is 11.3 Å². The second-order valence-corrected chi connectivity index (χ2v) is 8.95. The van der Waals surface area contributed by atoms with E-state index in [2.05, 4.69) is 10.3 Å². The van der Waals surface area contributed by atoms with E-state index < -0.39 is 5.91 Å². The Hall–Kier alpha value is -4.06. The van der Waals surface area contributed by atoms with E-state index in [0.29, 0.717) is 46.9 Å². The lowest BCUT2D eigenvalue weighted by atomic mass is 10.1. The van der Waals surface area contributed by atoms with Crippen molar-refractivity contribution in [1.29, 1.82) is 5.26 Å². The van der Waals surface area contributed by atoms with Crippen molar-refractivity contribution in [3.63, 3.8) is 0 Å². The first kappa shape index (κ1) is 25.0. The van der Waals surface area contributed by atoms with E-state index in [1.54, 1.807) is 12.1 Å². The van der Waals surface area contributed by atoms with Gasteiger partial charge in [-0.1, -0.05) is 53.3 Å². The molecular formula is C27H22ClN3O4S. The molecule has 1 N–H and O–H groups in total. The minimum Gasteiger partial charge on any atom is -0.493 e. The van der Waals surface area contributed by atoms with Gasteiger partial charge in [0.25, 0.3) is 5.91 Å². The van der Waals surface area contributed by atoms with E-state index in [4.69, 9.17) is 25.8 Å². The van der Waals surface area contributed by atoms with Crippen LogP contribution in [-0.4, -0.2) is 31.2 Å². The van der Waals surface area contributed by atoms with Crippen LogP contribution >= 0.6 is 22.9 Å². The fraction of sp³-hybridized carbons (Fsp3) is 0.148. The third-order valence-corrected chi connectivity index (χ3v) is 6.22. The highest BCUT2D eigenvalue weighted by atomic mass is 35.5. The Kier molecular flexibility index (Phi) is 8.40. The van der Waals surface area contributed by atoms with Crippen LogP contribution in [0.25, 0.3) is 16.3 Å². The summed E-state index contributed by atoms with van der Waals surface area (Å²) in [5.74, 6) is 1.00. The number of rotatable bonds is 10. The summed E-state index contributed by atoms with van der Waals surface area (Å²) in [6.07, 6.45) is 2.08. The third-order valence-electron chi connectivity index (χ3n) is 4.99. The molecule has 182 valence electrons. The van der Waals surface area contributed by atoms with E-state index >= 15 is 0 Å². The summed E-state index contributed by atoms with van der Waals surface area (Å²) in [5.41, 5.74) is 1.20. The minimum absolute atomic E-state index is 0.0981. The average Bonchev–Trinajstić information content (AvgIpc) is 3.30. The molecule has 36 heavy (non-hydrogen) atoms. The lowest BCUT2D eigenvalue weighted by Gasteiger charge is -2.14. The van der Waals surface area contributed by atoms with Crippen molar-refractivity contribution < 1.29 is 19.0 Å². The van der Waals surface area contributed by atoms with Crippen LogP contribution in [0.1, 0.15) is 12.0 Å². The molecule has 3 aromatic carbocycles. The lowest BCUT2D eigenvalue weighted by Crippen LogP contribution is -2.13. The highest BCUT2D eigenvalue weighted by molar-refractivity contribution is 7.22. The molecule has 4 rings (SSSR count).